The van der Waals surface area contributed by atoms with E-state index in [-0.39, 0.29) is 6.42 Å². The maximum atomic E-state index is 13.5. The molecular formula is C17H21F2NO3. The molecule has 0 aliphatic heterocycles. The normalized spacial score (nSPS) is 11.7. The Morgan fingerprint density at radius 2 is 1.91 bits per heavy atom. The molecule has 0 aromatic heterocycles. The van der Waals surface area contributed by atoms with Crippen molar-refractivity contribution in [3.8, 4) is 0 Å². The molecule has 0 saturated heterocycles. The lowest BCUT2D eigenvalue weighted by molar-refractivity contribution is -0.139. The summed E-state index contributed by atoms with van der Waals surface area (Å²) in [7, 11) is 0. The second kappa shape index (κ2) is 9.71. The number of rotatable bonds is 10. The number of hydrogen-bond donors (Lipinski definition) is 2. The number of carbonyl (C=O) groups is 2. The summed E-state index contributed by atoms with van der Waals surface area (Å²) in [6, 6.07) is 2.08. The Balaban J connectivity index is 2.55. The highest BCUT2D eigenvalue weighted by atomic mass is 19.2. The van der Waals surface area contributed by atoms with Gasteiger partial charge < -0.3 is 10.4 Å². The predicted octanol–water partition coefficient (Wildman–Crippen LogP) is 3.67. The zero-order valence-corrected chi connectivity index (χ0v) is 12.9. The van der Waals surface area contributed by atoms with E-state index in [0.717, 1.165) is 37.8 Å². The molecular weight excluding hydrogens is 304 g/mol. The number of halogens is 2. The van der Waals surface area contributed by atoms with Gasteiger partial charge in [-0.2, -0.15) is 0 Å². The number of hydrogen-bond acceptors (Lipinski definition) is 2. The molecule has 1 rings (SSSR count). The van der Waals surface area contributed by atoms with Gasteiger partial charge in [-0.3, -0.25) is 4.79 Å². The quantitative estimate of drug-likeness (QED) is 0.509. The van der Waals surface area contributed by atoms with Crippen LogP contribution in [0.25, 0.3) is 0 Å². The van der Waals surface area contributed by atoms with Gasteiger partial charge in [-0.1, -0.05) is 31.4 Å². The van der Waals surface area contributed by atoms with E-state index in [2.05, 4.69) is 11.9 Å². The highest BCUT2D eigenvalue weighted by Crippen LogP contribution is 2.13. The molecule has 126 valence electrons. The van der Waals surface area contributed by atoms with Crippen molar-refractivity contribution in [3.05, 3.63) is 48.1 Å². The van der Waals surface area contributed by atoms with Crippen LogP contribution in [-0.2, 0) is 4.79 Å². The van der Waals surface area contributed by atoms with Crippen LogP contribution in [-0.4, -0.2) is 23.0 Å². The van der Waals surface area contributed by atoms with E-state index in [1.165, 1.54) is 6.07 Å². The second-order valence-electron chi connectivity index (χ2n) is 5.25. The Bertz CT molecular complexity index is 561. The number of nitrogens with one attached hydrogen (secondary N) is 1. The Labute approximate surface area is 134 Å². The molecule has 0 aliphatic rings. The molecule has 1 aromatic rings. The third kappa shape index (κ3) is 6.18. The summed E-state index contributed by atoms with van der Waals surface area (Å²) >= 11 is 0. The summed E-state index contributed by atoms with van der Waals surface area (Å²) in [5.74, 6) is -4.55. The van der Waals surface area contributed by atoms with Crippen molar-refractivity contribution in [3.63, 3.8) is 0 Å². The smallest absolute Gasteiger partial charge is 0.326 e. The summed E-state index contributed by atoms with van der Waals surface area (Å²) in [5.41, 5.74) is -0.498. The average molecular weight is 325 g/mol. The molecule has 0 saturated carbocycles. The van der Waals surface area contributed by atoms with Crippen LogP contribution in [0.5, 0.6) is 0 Å². The number of allylic oxidation sites excluding steroid dienone is 1. The third-order valence-electron chi connectivity index (χ3n) is 3.45. The maximum absolute atomic E-state index is 13.5. The van der Waals surface area contributed by atoms with Crippen molar-refractivity contribution in [2.45, 2.75) is 44.6 Å². The molecule has 23 heavy (non-hydrogen) atoms. The number of benzene rings is 1. The first kappa shape index (κ1) is 18.8. The molecule has 2 N–H and O–H groups in total. The van der Waals surface area contributed by atoms with Gasteiger partial charge in [-0.05, 0) is 31.4 Å². The van der Waals surface area contributed by atoms with Gasteiger partial charge in [0.15, 0.2) is 11.6 Å². The Morgan fingerprint density at radius 1 is 1.22 bits per heavy atom. The van der Waals surface area contributed by atoms with Crippen molar-refractivity contribution in [1.29, 1.82) is 0 Å². The van der Waals surface area contributed by atoms with Crippen LogP contribution in [0.3, 0.4) is 0 Å². The fourth-order valence-electron chi connectivity index (χ4n) is 2.16. The monoisotopic (exact) mass is 325 g/mol. The van der Waals surface area contributed by atoms with Gasteiger partial charge in [0.25, 0.3) is 5.91 Å². The summed E-state index contributed by atoms with van der Waals surface area (Å²) in [5, 5.41) is 11.4. The maximum Gasteiger partial charge on any atom is 0.326 e. The van der Waals surface area contributed by atoms with E-state index < -0.39 is 35.1 Å². The van der Waals surface area contributed by atoms with Gasteiger partial charge in [0.2, 0.25) is 0 Å². The average Bonchev–Trinajstić information content (AvgIpc) is 2.51. The van der Waals surface area contributed by atoms with Crippen LogP contribution < -0.4 is 5.32 Å². The molecule has 0 fully saturated rings. The summed E-state index contributed by atoms with van der Waals surface area (Å²) in [6.07, 6.45) is 6.38. The van der Waals surface area contributed by atoms with Gasteiger partial charge >= 0.3 is 5.97 Å². The predicted molar refractivity (Wildman–Crippen MR) is 83.1 cm³/mol. The van der Waals surface area contributed by atoms with E-state index in [1.54, 1.807) is 0 Å². The minimum absolute atomic E-state index is 0.242. The van der Waals surface area contributed by atoms with Crippen LogP contribution in [0.1, 0.15) is 48.9 Å². The van der Waals surface area contributed by atoms with Crippen LogP contribution in [0.15, 0.2) is 30.9 Å². The first-order valence-electron chi connectivity index (χ1n) is 7.56. The molecule has 0 spiro atoms. The van der Waals surface area contributed by atoms with Crippen LogP contribution >= 0.6 is 0 Å². The molecule has 0 bridgehead atoms. The van der Waals surface area contributed by atoms with Crippen LogP contribution in [0.4, 0.5) is 8.78 Å². The van der Waals surface area contributed by atoms with Crippen LogP contribution in [0.2, 0.25) is 0 Å². The minimum Gasteiger partial charge on any atom is -0.480 e. The molecule has 0 heterocycles. The number of carboxylic acid groups (broad SMARTS) is 1. The van der Waals surface area contributed by atoms with Gasteiger partial charge in [-0.25, -0.2) is 13.6 Å². The Hall–Kier alpha value is -2.24. The molecule has 6 heteroatoms. The lowest BCUT2D eigenvalue weighted by atomic mass is 10.1. The molecule has 1 amide bonds. The summed E-state index contributed by atoms with van der Waals surface area (Å²) < 4.78 is 26.6. The van der Waals surface area contributed by atoms with Gasteiger partial charge in [0, 0.05) is 0 Å². The lowest BCUT2D eigenvalue weighted by Crippen LogP contribution is -2.41. The number of aliphatic carboxylic acids is 1. The first-order valence-corrected chi connectivity index (χ1v) is 7.56. The third-order valence-corrected chi connectivity index (χ3v) is 3.45. The number of amides is 1. The van der Waals surface area contributed by atoms with Gasteiger partial charge in [-0.15, -0.1) is 6.58 Å². The van der Waals surface area contributed by atoms with Crippen molar-refractivity contribution in [2.24, 2.45) is 0 Å². The van der Waals surface area contributed by atoms with E-state index in [1.807, 2.05) is 6.08 Å². The lowest BCUT2D eigenvalue weighted by Gasteiger charge is -2.15. The fraction of sp³-hybridized carbons (Fsp3) is 0.412. The number of unbranched alkanes of at least 4 members (excludes halogenated alkanes) is 4. The molecule has 0 aliphatic carbocycles. The summed E-state index contributed by atoms with van der Waals surface area (Å²) in [6.45, 7) is 3.62. The first-order chi connectivity index (χ1) is 11.0. The largest absolute Gasteiger partial charge is 0.480 e. The van der Waals surface area contributed by atoms with E-state index in [4.69, 9.17) is 5.11 Å². The highest BCUT2D eigenvalue weighted by molar-refractivity contribution is 5.96. The molecule has 1 atom stereocenters. The zero-order valence-electron chi connectivity index (χ0n) is 12.9. The molecule has 1 aromatic carbocycles. The van der Waals surface area contributed by atoms with E-state index >= 15 is 0 Å². The van der Waals surface area contributed by atoms with Crippen molar-refractivity contribution < 1.29 is 23.5 Å². The molecule has 0 unspecified atom stereocenters. The SMILES string of the molecule is C=CCCCCCC[C@H](NC(=O)c1cccc(F)c1F)C(=O)O. The highest BCUT2D eigenvalue weighted by Gasteiger charge is 2.22. The van der Waals surface area contributed by atoms with E-state index in [9.17, 15) is 18.4 Å². The van der Waals surface area contributed by atoms with Crippen molar-refractivity contribution >= 4 is 11.9 Å². The molecule has 0 radical (unpaired) electrons. The zero-order chi connectivity index (χ0) is 17.2. The van der Waals surface area contributed by atoms with Crippen molar-refractivity contribution in [2.75, 3.05) is 0 Å². The Kier molecular flexibility index (Phi) is 7.94. The minimum atomic E-state index is -1.28. The van der Waals surface area contributed by atoms with E-state index in [0.29, 0.717) is 6.42 Å². The Morgan fingerprint density at radius 3 is 2.57 bits per heavy atom. The van der Waals surface area contributed by atoms with Crippen LogP contribution in [0, 0.1) is 11.6 Å². The fourth-order valence-corrected chi connectivity index (χ4v) is 2.16. The second-order valence-corrected chi connectivity index (χ2v) is 5.25. The standard InChI is InChI=1S/C17H21F2NO3/c1-2-3-4-5-6-7-11-14(17(22)23)20-16(21)12-9-8-10-13(18)15(12)19/h2,8-10,14H,1,3-7,11H2,(H,20,21)(H,22,23)/t14-/m0/s1. The van der Waals surface area contributed by atoms with Gasteiger partial charge in [0.1, 0.15) is 6.04 Å². The summed E-state index contributed by atoms with van der Waals surface area (Å²) in [4.78, 5) is 23.1. The topological polar surface area (TPSA) is 66.4 Å². The number of carbonyl (C=O) groups excluding carboxylic acids is 1. The number of carboxylic acids is 1. The van der Waals surface area contributed by atoms with Gasteiger partial charge in [0.05, 0.1) is 5.56 Å². The van der Waals surface area contributed by atoms with Crippen molar-refractivity contribution in [1.82, 2.24) is 5.32 Å². The molecule has 4 nitrogen and oxygen atoms in total.